The minimum absolute atomic E-state index is 0.327. The Morgan fingerprint density at radius 2 is 2.41 bits per heavy atom. The van der Waals surface area contributed by atoms with E-state index in [2.05, 4.69) is 10.0 Å². The molecule has 0 unspecified atom stereocenters. The van der Waals surface area contributed by atoms with Crippen LogP contribution in [0.15, 0.2) is 29.0 Å². The van der Waals surface area contributed by atoms with Crippen molar-refractivity contribution in [3.63, 3.8) is 0 Å². The van der Waals surface area contributed by atoms with Crippen LogP contribution in [0.5, 0.6) is 5.75 Å². The van der Waals surface area contributed by atoms with Crippen molar-refractivity contribution < 1.29 is 14.6 Å². The molecule has 1 N–H and O–H groups in total. The van der Waals surface area contributed by atoms with Crippen LogP contribution in [-0.2, 0) is 11.2 Å². The first-order chi connectivity index (χ1) is 8.20. The molecule has 0 fully saturated rings. The van der Waals surface area contributed by atoms with Crippen molar-refractivity contribution in [2.24, 2.45) is 5.11 Å². The summed E-state index contributed by atoms with van der Waals surface area (Å²) in [7, 11) is 0. The summed E-state index contributed by atoms with van der Waals surface area (Å²) in [6.45, 7) is 0.643. The molecule has 1 aliphatic rings. The molecule has 0 atom stereocenters. The average molecular weight is 231 g/mol. The van der Waals surface area contributed by atoms with Gasteiger partial charge in [0.25, 0.3) is 0 Å². The van der Waals surface area contributed by atoms with Crippen molar-refractivity contribution in [3.05, 3.63) is 45.5 Å². The maximum atomic E-state index is 10.8. The highest BCUT2D eigenvalue weighted by Crippen LogP contribution is 2.26. The Bertz CT molecular complexity index is 541. The molecule has 1 heterocycles. The Hall–Kier alpha value is -2.46. The summed E-state index contributed by atoms with van der Waals surface area (Å²) in [5, 5.41) is 11.9. The highest BCUT2D eigenvalue weighted by Gasteiger charge is 2.12. The summed E-state index contributed by atoms with van der Waals surface area (Å²) in [5.74, 6) is -0.428. The highest BCUT2D eigenvalue weighted by molar-refractivity contribution is 5.91. The molecule has 0 amide bonds. The van der Waals surface area contributed by atoms with Gasteiger partial charge in [-0.15, -0.1) is 0 Å². The van der Waals surface area contributed by atoms with Gasteiger partial charge in [-0.25, -0.2) is 4.79 Å². The second-order valence-corrected chi connectivity index (χ2v) is 3.49. The number of carboxylic acids is 1. The maximum absolute atomic E-state index is 10.8. The minimum Gasteiger partial charge on any atom is -0.493 e. The fourth-order valence-electron chi connectivity index (χ4n) is 1.64. The van der Waals surface area contributed by atoms with Gasteiger partial charge in [0, 0.05) is 11.3 Å². The first kappa shape index (κ1) is 11.0. The van der Waals surface area contributed by atoms with Crippen molar-refractivity contribution in [2.45, 2.75) is 6.42 Å². The van der Waals surface area contributed by atoms with Crippen LogP contribution in [0.25, 0.3) is 16.5 Å². The van der Waals surface area contributed by atoms with E-state index in [1.165, 1.54) is 6.08 Å². The van der Waals surface area contributed by atoms with E-state index >= 15 is 0 Å². The Kier molecular flexibility index (Phi) is 2.98. The molecule has 1 aromatic carbocycles. The van der Waals surface area contributed by atoms with Gasteiger partial charge in [-0.2, -0.15) is 0 Å². The predicted molar refractivity (Wildman–Crippen MR) is 60.4 cm³/mol. The van der Waals surface area contributed by atoms with E-state index in [9.17, 15) is 4.79 Å². The third-order valence-electron chi connectivity index (χ3n) is 2.39. The van der Waals surface area contributed by atoms with E-state index in [1.54, 1.807) is 12.1 Å². The minimum atomic E-state index is -1.25. The molecule has 1 aromatic rings. The number of rotatable bonds is 3. The fraction of sp³-hybridized carbons (Fsp3) is 0.182. The molecule has 0 bridgehead atoms. The Morgan fingerprint density at radius 1 is 1.59 bits per heavy atom. The molecular formula is C11H9N3O3. The van der Waals surface area contributed by atoms with Crippen molar-refractivity contribution in [2.75, 3.05) is 6.61 Å². The lowest BCUT2D eigenvalue weighted by atomic mass is 10.1. The van der Waals surface area contributed by atoms with Gasteiger partial charge in [-0.1, -0.05) is 11.2 Å². The van der Waals surface area contributed by atoms with Gasteiger partial charge in [-0.05, 0) is 34.9 Å². The van der Waals surface area contributed by atoms with Crippen LogP contribution in [0, 0.1) is 0 Å². The topological polar surface area (TPSA) is 95.3 Å². The quantitative estimate of drug-likeness (QED) is 0.374. The maximum Gasteiger partial charge on any atom is 0.338 e. The molecule has 86 valence electrons. The number of carboxylic acid groups (broad SMARTS) is 1. The molecule has 2 rings (SSSR count). The van der Waals surface area contributed by atoms with E-state index in [-0.39, 0.29) is 5.70 Å². The molecule has 17 heavy (non-hydrogen) atoms. The number of hydrogen-bond donors (Lipinski definition) is 1. The zero-order chi connectivity index (χ0) is 12.3. The molecule has 0 spiro atoms. The summed E-state index contributed by atoms with van der Waals surface area (Å²) < 4.78 is 5.33. The zero-order valence-corrected chi connectivity index (χ0v) is 8.83. The molecular weight excluding hydrogens is 222 g/mol. The van der Waals surface area contributed by atoms with Crippen LogP contribution in [0.2, 0.25) is 0 Å². The second-order valence-electron chi connectivity index (χ2n) is 3.49. The average Bonchev–Trinajstić information content (AvgIpc) is 2.75. The third kappa shape index (κ3) is 2.38. The normalized spacial score (nSPS) is 13.5. The van der Waals surface area contributed by atoms with Crippen LogP contribution in [0.1, 0.15) is 11.1 Å². The lowest BCUT2D eigenvalue weighted by Gasteiger charge is -2.00. The van der Waals surface area contributed by atoms with Gasteiger partial charge in [0.1, 0.15) is 11.4 Å². The number of ether oxygens (including phenoxy) is 1. The smallest absolute Gasteiger partial charge is 0.338 e. The largest absolute Gasteiger partial charge is 0.493 e. The summed E-state index contributed by atoms with van der Waals surface area (Å²) in [6.07, 6.45) is 2.14. The second kappa shape index (κ2) is 4.59. The molecule has 0 saturated carbocycles. The molecule has 6 heteroatoms. The molecule has 0 aliphatic carbocycles. The third-order valence-corrected chi connectivity index (χ3v) is 2.39. The van der Waals surface area contributed by atoms with Gasteiger partial charge < -0.3 is 9.84 Å². The zero-order valence-electron chi connectivity index (χ0n) is 8.83. The van der Waals surface area contributed by atoms with Crippen molar-refractivity contribution in [1.29, 1.82) is 0 Å². The van der Waals surface area contributed by atoms with Gasteiger partial charge in [0.05, 0.1) is 6.61 Å². The SMILES string of the molecule is [N-]=[N+]=NC(=Cc1ccc2c(c1)CCO2)C(=O)O. The fourth-order valence-corrected chi connectivity index (χ4v) is 1.64. The highest BCUT2D eigenvalue weighted by atomic mass is 16.5. The number of carbonyl (C=O) groups is 1. The van der Waals surface area contributed by atoms with Crippen LogP contribution in [0.3, 0.4) is 0 Å². The Labute approximate surface area is 96.8 Å². The number of benzene rings is 1. The molecule has 0 saturated heterocycles. The van der Waals surface area contributed by atoms with E-state index in [1.807, 2.05) is 6.07 Å². The number of nitrogens with zero attached hydrogens (tertiary/aromatic N) is 3. The number of aliphatic carboxylic acids is 1. The molecule has 0 radical (unpaired) electrons. The Morgan fingerprint density at radius 3 is 3.12 bits per heavy atom. The van der Waals surface area contributed by atoms with Gasteiger partial charge in [0.15, 0.2) is 0 Å². The number of hydrogen-bond acceptors (Lipinski definition) is 3. The molecule has 1 aliphatic heterocycles. The van der Waals surface area contributed by atoms with Gasteiger partial charge in [-0.3, -0.25) is 0 Å². The van der Waals surface area contributed by atoms with Crippen molar-refractivity contribution in [3.8, 4) is 5.75 Å². The number of fused-ring (bicyclic) bond motifs is 1. The summed E-state index contributed by atoms with van der Waals surface area (Å²) in [5.41, 5.74) is 9.64. The van der Waals surface area contributed by atoms with E-state index in [4.69, 9.17) is 15.4 Å². The van der Waals surface area contributed by atoms with Crippen LogP contribution < -0.4 is 4.74 Å². The summed E-state index contributed by atoms with van der Waals surface area (Å²) >= 11 is 0. The predicted octanol–water partition coefficient (Wildman–Crippen LogP) is 2.36. The molecule has 0 aromatic heterocycles. The van der Waals surface area contributed by atoms with Crippen molar-refractivity contribution >= 4 is 12.0 Å². The van der Waals surface area contributed by atoms with E-state index in [0.717, 1.165) is 17.7 Å². The van der Waals surface area contributed by atoms with Crippen molar-refractivity contribution in [1.82, 2.24) is 0 Å². The lowest BCUT2D eigenvalue weighted by molar-refractivity contribution is -0.132. The standard InChI is InChI=1S/C11H9N3O3/c12-14-13-9(11(15)16)6-7-1-2-10-8(5-7)3-4-17-10/h1-2,5-6H,3-4H2,(H,15,16). The van der Waals surface area contributed by atoms with Crippen LogP contribution in [0.4, 0.5) is 0 Å². The molecule has 6 nitrogen and oxygen atoms in total. The van der Waals surface area contributed by atoms with Gasteiger partial charge in [0.2, 0.25) is 0 Å². The van der Waals surface area contributed by atoms with Gasteiger partial charge >= 0.3 is 5.97 Å². The Balaban J connectivity index is 2.37. The summed E-state index contributed by atoms with van der Waals surface area (Å²) in [4.78, 5) is 13.2. The lowest BCUT2D eigenvalue weighted by Crippen LogP contribution is -1.96. The van der Waals surface area contributed by atoms with E-state index < -0.39 is 5.97 Å². The van der Waals surface area contributed by atoms with Crippen LogP contribution >= 0.6 is 0 Å². The first-order valence-electron chi connectivity index (χ1n) is 4.96. The number of azide groups is 1. The monoisotopic (exact) mass is 231 g/mol. The summed E-state index contributed by atoms with van der Waals surface area (Å²) in [6, 6.07) is 5.34. The van der Waals surface area contributed by atoms with E-state index in [0.29, 0.717) is 12.2 Å². The van der Waals surface area contributed by atoms with Crippen LogP contribution in [-0.4, -0.2) is 17.7 Å². The first-order valence-corrected chi connectivity index (χ1v) is 4.96.